The van der Waals surface area contributed by atoms with E-state index in [0.717, 1.165) is 36.5 Å². The highest BCUT2D eigenvalue weighted by Gasteiger charge is 2.11. The quantitative estimate of drug-likeness (QED) is 0.763. The Morgan fingerprint density at radius 1 is 1.28 bits per heavy atom. The lowest BCUT2D eigenvalue weighted by atomic mass is 10.0. The SMILES string of the molecule is N#Cc1nccc(-c2ccc3c(c2)CCCO3)n1. The summed E-state index contributed by atoms with van der Waals surface area (Å²) in [5.41, 5.74) is 2.98. The molecule has 4 nitrogen and oxygen atoms in total. The van der Waals surface area contributed by atoms with Gasteiger partial charge in [-0.05, 0) is 42.7 Å². The second kappa shape index (κ2) is 4.46. The average molecular weight is 237 g/mol. The Morgan fingerprint density at radius 2 is 2.22 bits per heavy atom. The number of fused-ring (bicyclic) bond motifs is 1. The van der Waals surface area contributed by atoms with Crippen molar-refractivity contribution in [1.29, 1.82) is 5.26 Å². The van der Waals surface area contributed by atoms with E-state index in [9.17, 15) is 0 Å². The van der Waals surface area contributed by atoms with Crippen molar-refractivity contribution < 1.29 is 4.74 Å². The number of ether oxygens (including phenoxy) is 1. The van der Waals surface area contributed by atoms with E-state index in [-0.39, 0.29) is 5.82 Å². The minimum Gasteiger partial charge on any atom is -0.493 e. The summed E-state index contributed by atoms with van der Waals surface area (Å²) in [5.74, 6) is 1.15. The van der Waals surface area contributed by atoms with Crippen LogP contribution in [-0.4, -0.2) is 16.6 Å². The first-order chi connectivity index (χ1) is 8.86. The van der Waals surface area contributed by atoms with Crippen LogP contribution in [0.15, 0.2) is 30.5 Å². The molecule has 18 heavy (non-hydrogen) atoms. The van der Waals surface area contributed by atoms with Crippen LogP contribution in [0.3, 0.4) is 0 Å². The lowest BCUT2D eigenvalue weighted by molar-refractivity contribution is 0.288. The second-order valence-electron chi connectivity index (χ2n) is 4.15. The molecule has 0 saturated heterocycles. The first-order valence-electron chi connectivity index (χ1n) is 5.86. The Hall–Kier alpha value is -2.41. The van der Waals surface area contributed by atoms with Crippen molar-refractivity contribution in [3.63, 3.8) is 0 Å². The van der Waals surface area contributed by atoms with Crippen molar-refractivity contribution in [3.8, 4) is 23.1 Å². The van der Waals surface area contributed by atoms with E-state index in [2.05, 4.69) is 16.0 Å². The van der Waals surface area contributed by atoms with Crippen LogP contribution in [0.25, 0.3) is 11.3 Å². The topological polar surface area (TPSA) is 58.8 Å². The molecule has 1 aromatic heterocycles. The molecule has 0 N–H and O–H groups in total. The number of aromatic nitrogens is 2. The van der Waals surface area contributed by atoms with Crippen LogP contribution < -0.4 is 4.74 Å². The largest absolute Gasteiger partial charge is 0.493 e. The summed E-state index contributed by atoms with van der Waals surface area (Å²) < 4.78 is 5.57. The monoisotopic (exact) mass is 237 g/mol. The lowest BCUT2D eigenvalue weighted by Gasteiger charge is -2.17. The fourth-order valence-electron chi connectivity index (χ4n) is 2.09. The molecular formula is C14H11N3O. The molecule has 0 amide bonds. The molecule has 0 unspecified atom stereocenters. The summed E-state index contributed by atoms with van der Waals surface area (Å²) in [6, 6.07) is 9.78. The van der Waals surface area contributed by atoms with Gasteiger partial charge in [-0.1, -0.05) is 0 Å². The van der Waals surface area contributed by atoms with Gasteiger partial charge in [0.1, 0.15) is 11.8 Å². The molecule has 0 atom stereocenters. The van der Waals surface area contributed by atoms with Gasteiger partial charge in [0.15, 0.2) is 0 Å². The molecule has 0 fully saturated rings. The summed E-state index contributed by atoms with van der Waals surface area (Å²) in [6.07, 6.45) is 3.68. The Kier molecular flexibility index (Phi) is 2.66. The molecule has 0 saturated carbocycles. The van der Waals surface area contributed by atoms with Crippen molar-refractivity contribution in [2.45, 2.75) is 12.8 Å². The van der Waals surface area contributed by atoms with Gasteiger partial charge in [-0.3, -0.25) is 0 Å². The van der Waals surface area contributed by atoms with E-state index >= 15 is 0 Å². The molecule has 0 aliphatic carbocycles. The highest BCUT2D eigenvalue weighted by atomic mass is 16.5. The number of aryl methyl sites for hydroxylation is 1. The predicted molar refractivity (Wildman–Crippen MR) is 66.0 cm³/mol. The Bertz CT molecular complexity index is 631. The van der Waals surface area contributed by atoms with Gasteiger partial charge in [0, 0.05) is 11.8 Å². The van der Waals surface area contributed by atoms with Crippen molar-refractivity contribution in [2.75, 3.05) is 6.61 Å². The van der Waals surface area contributed by atoms with Gasteiger partial charge >= 0.3 is 0 Å². The average Bonchev–Trinajstić information content (AvgIpc) is 2.47. The molecule has 4 heteroatoms. The zero-order valence-electron chi connectivity index (χ0n) is 9.76. The first kappa shape index (κ1) is 10.7. The van der Waals surface area contributed by atoms with Crippen LogP contribution in [0.4, 0.5) is 0 Å². The molecule has 3 rings (SSSR count). The minimum absolute atomic E-state index is 0.196. The predicted octanol–water partition coefficient (Wildman–Crippen LogP) is 2.34. The molecule has 0 bridgehead atoms. The standard InChI is InChI=1S/C14H11N3O/c15-9-14-16-6-5-12(17-14)10-3-4-13-11(8-10)2-1-7-18-13/h3-6,8H,1-2,7H2. The number of nitrogens with zero attached hydrogens (tertiary/aromatic N) is 3. The van der Waals surface area contributed by atoms with E-state index < -0.39 is 0 Å². The Labute approximate surface area is 105 Å². The highest BCUT2D eigenvalue weighted by Crippen LogP contribution is 2.29. The summed E-state index contributed by atoms with van der Waals surface area (Å²) in [4.78, 5) is 8.07. The van der Waals surface area contributed by atoms with Gasteiger partial charge in [0.05, 0.1) is 12.3 Å². The van der Waals surface area contributed by atoms with Crippen LogP contribution >= 0.6 is 0 Å². The molecule has 0 radical (unpaired) electrons. The molecule has 1 aromatic carbocycles. The fourth-order valence-corrected chi connectivity index (χ4v) is 2.09. The minimum atomic E-state index is 0.196. The van der Waals surface area contributed by atoms with Gasteiger partial charge in [-0.2, -0.15) is 5.26 Å². The number of rotatable bonds is 1. The van der Waals surface area contributed by atoms with Crippen LogP contribution in [0.5, 0.6) is 5.75 Å². The van der Waals surface area contributed by atoms with Crippen molar-refractivity contribution >= 4 is 0 Å². The van der Waals surface area contributed by atoms with Crippen molar-refractivity contribution in [2.24, 2.45) is 0 Å². The van der Waals surface area contributed by atoms with Crippen molar-refractivity contribution in [1.82, 2.24) is 9.97 Å². The first-order valence-corrected chi connectivity index (χ1v) is 5.86. The number of nitriles is 1. The summed E-state index contributed by atoms with van der Waals surface area (Å²) in [5, 5.41) is 8.81. The maximum Gasteiger partial charge on any atom is 0.232 e. The van der Waals surface area contributed by atoms with Crippen LogP contribution in [0, 0.1) is 11.3 Å². The molecule has 1 aliphatic heterocycles. The van der Waals surface area contributed by atoms with Crippen molar-refractivity contribution in [3.05, 3.63) is 41.9 Å². The second-order valence-corrected chi connectivity index (χ2v) is 4.15. The third-order valence-electron chi connectivity index (χ3n) is 2.96. The zero-order chi connectivity index (χ0) is 12.4. The fraction of sp³-hybridized carbons (Fsp3) is 0.214. The highest BCUT2D eigenvalue weighted by molar-refractivity contribution is 5.62. The van der Waals surface area contributed by atoms with E-state index in [4.69, 9.17) is 10.00 Å². The smallest absolute Gasteiger partial charge is 0.232 e. The van der Waals surface area contributed by atoms with Crippen LogP contribution in [0.1, 0.15) is 17.8 Å². The van der Waals surface area contributed by atoms with Gasteiger partial charge in [-0.15, -0.1) is 0 Å². The molecule has 88 valence electrons. The molecular weight excluding hydrogens is 226 g/mol. The molecule has 2 heterocycles. The number of benzene rings is 1. The summed E-state index contributed by atoms with van der Waals surface area (Å²) in [6.45, 7) is 0.790. The molecule has 1 aliphatic rings. The summed E-state index contributed by atoms with van der Waals surface area (Å²) >= 11 is 0. The third kappa shape index (κ3) is 1.91. The van der Waals surface area contributed by atoms with Gasteiger partial charge in [0.2, 0.25) is 5.82 Å². The maximum atomic E-state index is 8.81. The maximum absolute atomic E-state index is 8.81. The molecule has 2 aromatic rings. The van der Waals surface area contributed by atoms with E-state index in [1.165, 1.54) is 5.56 Å². The van der Waals surface area contributed by atoms with E-state index in [1.807, 2.05) is 24.3 Å². The molecule has 0 spiro atoms. The van der Waals surface area contributed by atoms with E-state index in [1.54, 1.807) is 6.20 Å². The summed E-state index contributed by atoms with van der Waals surface area (Å²) in [7, 11) is 0. The van der Waals surface area contributed by atoms with Crippen LogP contribution in [-0.2, 0) is 6.42 Å². The van der Waals surface area contributed by atoms with Gasteiger partial charge in [-0.25, -0.2) is 9.97 Å². The number of hydrogen-bond acceptors (Lipinski definition) is 4. The van der Waals surface area contributed by atoms with E-state index in [0.29, 0.717) is 0 Å². The third-order valence-corrected chi connectivity index (χ3v) is 2.96. The lowest BCUT2D eigenvalue weighted by Crippen LogP contribution is -2.08. The Morgan fingerprint density at radius 3 is 3.11 bits per heavy atom. The Balaban J connectivity index is 2.04. The zero-order valence-corrected chi connectivity index (χ0v) is 9.76. The van der Waals surface area contributed by atoms with Gasteiger partial charge < -0.3 is 4.74 Å². The van der Waals surface area contributed by atoms with Crippen LogP contribution in [0.2, 0.25) is 0 Å². The van der Waals surface area contributed by atoms with Gasteiger partial charge in [0.25, 0.3) is 0 Å². The number of hydrogen-bond donors (Lipinski definition) is 0. The normalized spacial score (nSPS) is 13.3.